The molecule has 1 aliphatic heterocycles. The zero-order valence-electron chi connectivity index (χ0n) is 19.6. The topological polar surface area (TPSA) is 69.0 Å². The summed E-state index contributed by atoms with van der Waals surface area (Å²) in [5.41, 5.74) is 1.89. The maximum absolute atomic E-state index is 13.4. The minimum Gasteiger partial charge on any atom is -0.376 e. The molecule has 0 radical (unpaired) electrons. The van der Waals surface area contributed by atoms with E-state index in [0.717, 1.165) is 37.0 Å². The Labute approximate surface area is 204 Å². The molecule has 180 valence electrons. The fraction of sp³-hybridized carbons (Fsp3) is 0.423. The minimum atomic E-state index is -0.297. The Morgan fingerprint density at radius 3 is 2.62 bits per heavy atom. The molecule has 2 aromatic carbocycles. The molecule has 1 fully saturated rings. The van der Waals surface area contributed by atoms with Crippen LogP contribution in [-0.2, 0) is 16.1 Å². The first-order chi connectivity index (χ1) is 16.5. The Kier molecular flexibility index (Phi) is 8.34. The number of aromatic nitrogens is 3. The van der Waals surface area contributed by atoms with E-state index in [1.807, 2.05) is 34.9 Å². The van der Waals surface area contributed by atoms with Crippen molar-refractivity contribution in [3.05, 3.63) is 66.0 Å². The standard InChI is InChI=1S/C26H31FN4O2S/c1-18(2)15-23(19-7-4-3-5-8-19)28-24(32)17-34-26-30-29-25(20-10-12-21(27)13-11-20)31(26)16-22-9-6-14-33-22/h3-5,7-8,10-13,18,22-23H,6,9,14-17H2,1-2H3,(H,28,32). The monoisotopic (exact) mass is 482 g/mol. The molecule has 0 aliphatic carbocycles. The molecular weight excluding hydrogens is 451 g/mol. The number of hydrogen-bond acceptors (Lipinski definition) is 5. The van der Waals surface area contributed by atoms with Gasteiger partial charge in [-0.3, -0.25) is 9.36 Å². The van der Waals surface area contributed by atoms with E-state index in [4.69, 9.17) is 4.74 Å². The van der Waals surface area contributed by atoms with Gasteiger partial charge in [-0.25, -0.2) is 4.39 Å². The van der Waals surface area contributed by atoms with Crippen molar-refractivity contribution < 1.29 is 13.9 Å². The molecule has 8 heteroatoms. The molecule has 34 heavy (non-hydrogen) atoms. The third kappa shape index (κ3) is 6.45. The van der Waals surface area contributed by atoms with Crippen molar-refractivity contribution in [1.29, 1.82) is 0 Å². The highest BCUT2D eigenvalue weighted by molar-refractivity contribution is 7.99. The van der Waals surface area contributed by atoms with E-state index in [-0.39, 0.29) is 29.6 Å². The van der Waals surface area contributed by atoms with Crippen molar-refractivity contribution in [3.63, 3.8) is 0 Å². The summed E-state index contributed by atoms with van der Waals surface area (Å²) in [5.74, 6) is 0.990. The van der Waals surface area contributed by atoms with Crippen LogP contribution in [0.3, 0.4) is 0 Å². The number of hydrogen-bond donors (Lipinski definition) is 1. The molecule has 0 saturated carbocycles. The summed E-state index contributed by atoms with van der Waals surface area (Å²) < 4.78 is 21.3. The Balaban J connectivity index is 1.47. The van der Waals surface area contributed by atoms with Crippen LogP contribution in [0.2, 0.25) is 0 Å². The molecule has 4 rings (SSSR count). The summed E-state index contributed by atoms with van der Waals surface area (Å²) in [5, 5.41) is 12.6. The first-order valence-corrected chi connectivity index (χ1v) is 12.8. The lowest BCUT2D eigenvalue weighted by molar-refractivity contribution is -0.119. The molecule has 1 aliphatic rings. The van der Waals surface area contributed by atoms with Gasteiger partial charge in [0.05, 0.1) is 24.4 Å². The summed E-state index contributed by atoms with van der Waals surface area (Å²) in [7, 11) is 0. The second kappa shape index (κ2) is 11.6. The van der Waals surface area contributed by atoms with Crippen molar-refractivity contribution in [1.82, 2.24) is 20.1 Å². The number of halogens is 1. The molecule has 1 aromatic heterocycles. The van der Waals surface area contributed by atoms with Crippen molar-refractivity contribution in [2.45, 2.75) is 57.0 Å². The molecular formula is C26H31FN4O2S. The van der Waals surface area contributed by atoms with E-state index in [1.165, 1.54) is 23.9 Å². The summed E-state index contributed by atoms with van der Waals surface area (Å²) in [6.45, 7) is 5.66. The van der Waals surface area contributed by atoms with Crippen LogP contribution in [0.25, 0.3) is 11.4 Å². The fourth-order valence-corrected chi connectivity index (χ4v) is 4.92. The lowest BCUT2D eigenvalue weighted by Gasteiger charge is -2.21. The Morgan fingerprint density at radius 2 is 1.94 bits per heavy atom. The van der Waals surface area contributed by atoms with Crippen LogP contribution in [0, 0.1) is 11.7 Å². The number of nitrogens with one attached hydrogen (secondary N) is 1. The second-order valence-electron chi connectivity index (χ2n) is 9.01. The maximum atomic E-state index is 13.4. The second-order valence-corrected chi connectivity index (χ2v) is 9.95. The normalized spacial score (nSPS) is 16.6. The number of amides is 1. The van der Waals surface area contributed by atoms with Gasteiger partial charge in [-0.05, 0) is 55.0 Å². The van der Waals surface area contributed by atoms with Gasteiger partial charge in [-0.15, -0.1) is 10.2 Å². The number of nitrogens with zero attached hydrogens (tertiary/aromatic N) is 3. The summed E-state index contributed by atoms with van der Waals surface area (Å²) >= 11 is 1.36. The zero-order valence-corrected chi connectivity index (χ0v) is 20.4. The van der Waals surface area contributed by atoms with E-state index >= 15 is 0 Å². The highest BCUT2D eigenvalue weighted by Gasteiger charge is 2.23. The lowest BCUT2D eigenvalue weighted by Crippen LogP contribution is -2.31. The molecule has 1 saturated heterocycles. The molecule has 1 amide bonds. The van der Waals surface area contributed by atoms with E-state index in [1.54, 1.807) is 12.1 Å². The highest BCUT2D eigenvalue weighted by Crippen LogP contribution is 2.27. The molecule has 0 bridgehead atoms. The molecule has 2 unspecified atom stereocenters. The first kappa shape index (κ1) is 24.4. The van der Waals surface area contributed by atoms with E-state index in [0.29, 0.717) is 23.4 Å². The number of ether oxygens (including phenoxy) is 1. The smallest absolute Gasteiger partial charge is 0.230 e. The molecule has 1 N–H and O–H groups in total. The van der Waals surface area contributed by atoms with Crippen molar-refractivity contribution >= 4 is 17.7 Å². The van der Waals surface area contributed by atoms with Gasteiger partial charge >= 0.3 is 0 Å². The van der Waals surface area contributed by atoms with Gasteiger partial charge in [-0.2, -0.15) is 0 Å². The van der Waals surface area contributed by atoms with Gasteiger partial charge < -0.3 is 10.1 Å². The van der Waals surface area contributed by atoms with Crippen LogP contribution in [0.1, 0.15) is 44.7 Å². The predicted molar refractivity (Wildman–Crippen MR) is 132 cm³/mol. The van der Waals surface area contributed by atoms with Crippen molar-refractivity contribution in [2.75, 3.05) is 12.4 Å². The molecule has 6 nitrogen and oxygen atoms in total. The van der Waals surface area contributed by atoms with Crippen LogP contribution in [-0.4, -0.2) is 39.1 Å². The molecule has 2 heterocycles. The largest absolute Gasteiger partial charge is 0.376 e. The number of carbonyl (C=O) groups is 1. The third-order valence-corrected chi connectivity index (χ3v) is 6.77. The van der Waals surface area contributed by atoms with Crippen LogP contribution in [0.15, 0.2) is 59.8 Å². The average Bonchev–Trinajstić information content (AvgIpc) is 3.49. The molecule has 0 spiro atoms. The Morgan fingerprint density at radius 1 is 1.18 bits per heavy atom. The van der Waals surface area contributed by atoms with Gasteiger partial charge in [0.25, 0.3) is 0 Å². The van der Waals surface area contributed by atoms with E-state index in [2.05, 4.69) is 29.4 Å². The third-order valence-electron chi connectivity index (χ3n) is 5.81. The number of benzene rings is 2. The number of rotatable bonds is 10. The minimum absolute atomic E-state index is 0.0335. The average molecular weight is 483 g/mol. The SMILES string of the molecule is CC(C)CC(NC(=O)CSc1nnc(-c2ccc(F)cc2)n1CC1CCCO1)c1ccccc1. The van der Waals surface area contributed by atoms with Gasteiger partial charge in [-0.1, -0.05) is 55.9 Å². The van der Waals surface area contributed by atoms with E-state index in [9.17, 15) is 9.18 Å². The van der Waals surface area contributed by atoms with Crippen molar-refractivity contribution in [2.24, 2.45) is 5.92 Å². The predicted octanol–water partition coefficient (Wildman–Crippen LogP) is 5.26. The van der Waals surface area contributed by atoms with E-state index < -0.39 is 0 Å². The number of thioether (sulfide) groups is 1. The zero-order chi connectivity index (χ0) is 23.9. The summed E-state index contributed by atoms with van der Waals surface area (Å²) in [4.78, 5) is 12.9. The first-order valence-electron chi connectivity index (χ1n) is 11.8. The maximum Gasteiger partial charge on any atom is 0.230 e. The van der Waals surface area contributed by atoms with Crippen LogP contribution < -0.4 is 5.32 Å². The Hall–Kier alpha value is -2.71. The summed E-state index contributed by atoms with van der Waals surface area (Å²) in [6, 6.07) is 16.3. The van der Waals surface area contributed by atoms with Crippen LogP contribution in [0.4, 0.5) is 4.39 Å². The summed E-state index contributed by atoms with van der Waals surface area (Å²) in [6.07, 6.45) is 2.95. The van der Waals surface area contributed by atoms with Gasteiger partial charge in [0.15, 0.2) is 11.0 Å². The lowest BCUT2D eigenvalue weighted by atomic mass is 9.97. The Bertz CT molecular complexity index is 1070. The van der Waals surface area contributed by atoms with Crippen LogP contribution >= 0.6 is 11.8 Å². The van der Waals surface area contributed by atoms with Crippen molar-refractivity contribution in [3.8, 4) is 11.4 Å². The molecule has 2 atom stereocenters. The number of carbonyl (C=O) groups excluding carboxylic acids is 1. The van der Waals surface area contributed by atoms with Crippen LogP contribution in [0.5, 0.6) is 0 Å². The van der Waals surface area contributed by atoms with Gasteiger partial charge in [0.2, 0.25) is 5.91 Å². The quantitative estimate of drug-likeness (QED) is 0.399. The van der Waals surface area contributed by atoms with Gasteiger partial charge in [0.1, 0.15) is 5.82 Å². The van der Waals surface area contributed by atoms with Gasteiger partial charge in [0, 0.05) is 12.2 Å². The molecule has 3 aromatic rings. The highest BCUT2D eigenvalue weighted by atomic mass is 32.2. The fourth-order valence-electron chi connectivity index (χ4n) is 4.17.